The lowest BCUT2D eigenvalue weighted by Gasteiger charge is -2.09. The maximum absolute atomic E-state index is 11.9. The van der Waals surface area contributed by atoms with E-state index in [1.165, 1.54) is 0 Å². The topological polar surface area (TPSA) is 65.8 Å². The van der Waals surface area contributed by atoms with Crippen LogP contribution in [0.5, 0.6) is 0 Å². The number of nitrogens with zero attached hydrogens (tertiary/aromatic N) is 2. The van der Waals surface area contributed by atoms with Gasteiger partial charge in [-0.25, -0.2) is 4.98 Å². The molecule has 0 aliphatic heterocycles. The van der Waals surface area contributed by atoms with Crippen molar-refractivity contribution < 1.29 is 4.79 Å². The minimum absolute atomic E-state index is 0.278. The third-order valence-electron chi connectivity index (χ3n) is 2.37. The Kier molecular flexibility index (Phi) is 3.00. The van der Waals surface area contributed by atoms with E-state index in [2.05, 4.69) is 48.2 Å². The van der Waals surface area contributed by atoms with E-state index >= 15 is 0 Å². The highest BCUT2D eigenvalue weighted by atomic mass is 79.9. The minimum atomic E-state index is -0.654. The smallest absolute Gasteiger partial charge is 0.255 e. The molecule has 1 heterocycles. The molecule has 0 atom stereocenters. The summed E-state index contributed by atoms with van der Waals surface area (Å²) >= 11 is 6.45. The number of aromatic nitrogens is 1. The van der Waals surface area contributed by atoms with Gasteiger partial charge in [-0.1, -0.05) is 0 Å². The molecule has 0 spiro atoms. The van der Waals surface area contributed by atoms with E-state index in [0.717, 1.165) is 4.47 Å². The summed E-state index contributed by atoms with van der Waals surface area (Å²) in [5.74, 6) is -0.278. The number of nitriles is 1. The van der Waals surface area contributed by atoms with Gasteiger partial charge in [0, 0.05) is 10.7 Å². The Morgan fingerprint density at radius 3 is 2.81 bits per heavy atom. The second kappa shape index (κ2) is 4.15. The van der Waals surface area contributed by atoms with E-state index in [-0.39, 0.29) is 5.91 Å². The Labute approximate surface area is 109 Å². The number of carbonyl (C=O) groups is 1. The monoisotopic (exact) mass is 343 g/mol. The van der Waals surface area contributed by atoms with Crippen LogP contribution in [0.4, 0.5) is 0 Å². The zero-order valence-electron chi connectivity index (χ0n) is 8.13. The van der Waals surface area contributed by atoms with E-state index < -0.39 is 5.54 Å². The second-order valence-electron chi connectivity index (χ2n) is 3.64. The average Bonchev–Trinajstić information content (AvgIpc) is 3.02. The van der Waals surface area contributed by atoms with E-state index in [0.29, 0.717) is 23.0 Å². The lowest BCUT2D eigenvalue weighted by Crippen LogP contribution is -2.35. The second-order valence-corrected chi connectivity index (χ2v) is 5.31. The summed E-state index contributed by atoms with van der Waals surface area (Å²) in [6.45, 7) is 0. The van der Waals surface area contributed by atoms with E-state index in [4.69, 9.17) is 5.26 Å². The molecule has 1 N–H and O–H groups in total. The zero-order chi connectivity index (χ0) is 11.8. The van der Waals surface area contributed by atoms with Crippen LogP contribution in [0.25, 0.3) is 0 Å². The molecule has 16 heavy (non-hydrogen) atoms. The van der Waals surface area contributed by atoms with Crippen molar-refractivity contribution in [3.8, 4) is 6.07 Å². The number of amides is 1. The molecule has 82 valence electrons. The van der Waals surface area contributed by atoms with Crippen LogP contribution < -0.4 is 5.32 Å². The zero-order valence-corrected chi connectivity index (χ0v) is 11.3. The Hall–Kier alpha value is -0.930. The fourth-order valence-corrected chi connectivity index (χ4v) is 1.98. The highest BCUT2D eigenvalue weighted by molar-refractivity contribution is 9.11. The summed E-state index contributed by atoms with van der Waals surface area (Å²) in [4.78, 5) is 15.9. The van der Waals surface area contributed by atoms with Gasteiger partial charge in [-0.2, -0.15) is 5.26 Å². The number of pyridine rings is 1. The predicted molar refractivity (Wildman–Crippen MR) is 64.7 cm³/mol. The highest BCUT2D eigenvalue weighted by Gasteiger charge is 2.44. The minimum Gasteiger partial charge on any atom is -0.334 e. The molecule has 0 radical (unpaired) electrons. The van der Waals surface area contributed by atoms with Crippen LogP contribution in [-0.2, 0) is 0 Å². The predicted octanol–water partition coefficient (Wildman–Crippen LogP) is 2.39. The molecule has 1 aliphatic carbocycles. The van der Waals surface area contributed by atoms with Crippen molar-refractivity contribution in [2.45, 2.75) is 18.4 Å². The number of halogens is 2. The van der Waals surface area contributed by atoms with Gasteiger partial charge in [0.25, 0.3) is 5.91 Å². The fraction of sp³-hybridized carbons (Fsp3) is 0.300. The molecule has 4 nitrogen and oxygen atoms in total. The summed E-state index contributed by atoms with van der Waals surface area (Å²) in [5, 5.41) is 11.6. The van der Waals surface area contributed by atoms with E-state index in [9.17, 15) is 4.79 Å². The normalized spacial score (nSPS) is 16.3. The number of rotatable bonds is 2. The van der Waals surface area contributed by atoms with Gasteiger partial charge in [-0.3, -0.25) is 4.79 Å². The molecular formula is C10H7Br2N3O. The van der Waals surface area contributed by atoms with Crippen molar-refractivity contribution in [3.63, 3.8) is 0 Å². The summed E-state index contributed by atoms with van der Waals surface area (Å²) < 4.78 is 1.20. The van der Waals surface area contributed by atoms with Crippen LogP contribution >= 0.6 is 31.9 Å². The molecule has 0 aromatic carbocycles. The van der Waals surface area contributed by atoms with E-state index in [1.54, 1.807) is 12.3 Å². The Bertz CT molecular complexity index is 491. The van der Waals surface area contributed by atoms with Gasteiger partial charge in [-0.05, 0) is 50.8 Å². The molecule has 1 aliphatic rings. The molecule has 6 heteroatoms. The molecule has 1 aromatic heterocycles. The first kappa shape index (κ1) is 11.6. The molecule has 1 amide bonds. The first-order valence-corrected chi connectivity index (χ1v) is 6.20. The van der Waals surface area contributed by atoms with Gasteiger partial charge in [0.2, 0.25) is 0 Å². The fourth-order valence-electron chi connectivity index (χ4n) is 1.26. The van der Waals surface area contributed by atoms with Crippen molar-refractivity contribution in [1.82, 2.24) is 10.3 Å². The lowest BCUT2D eigenvalue weighted by molar-refractivity contribution is 0.0940. The van der Waals surface area contributed by atoms with Gasteiger partial charge in [0.1, 0.15) is 10.1 Å². The van der Waals surface area contributed by atoms with Crippen LogP contribution in [0.3, 0.4) is 0 Å². The SMILES string of the molecule is N#CC1(NC(=O)c2cc(Br)cnc2Br)CC1. The van der Waals surface area contributed by atoms with Gasteiger partial charge in [0.15, 0.2) is 0 Å². The van der Waals surface area contributed by atoms with Crippen molar-refractivity contribution in [2.75, 3.05) is 0 Å². The maximum Gasteiger partial charge on any atom is 0.255 e. The Morgan fingerprint density at radius 2 is 2.25 bits per heavy atom. The average molecular weight is 345 g/mol. The molecule has 2 rings (SSSR count). The molecule has 1 fully saturated rings. The van der Waals surface area contributed by atoms with Crippen molar-refractivity contribution >= 4 is 37.8 Å². The Morgan fingerprint density at radius 1 is 1.56 bits per heavy atom. The van der Waals surface area contributed by atoms with Crippen LogP contribution in [0.15, 0.2) is 21.3 Å². The molecule has 1 aromatic rings. The molecule has 1 saturated carbocycles. The Balaban J connectivity index is 2.22. The van der Waals surface area contributed by atoms with Gasteiger partial charge in [-0.15, -0.1) is 0 Å². The number of nitrogens with one attached hydrogen (secondary N) is 1. The van der Waals surface area contributed by atoms with Gasteiger partial charge >= 0.3 is 0 Å². The van der Waals surface area contributed by atoms with Crippen molar-refractivity contribution in [3.05, 3.63) is 26.9 Å². The number of hydrogen-bond acceptors (Lipinski definition) is 3. The van der Waals surface area contributed by atoms with Crippen molar-refractivity contribution in [1.29, 1.82) is 5.26 Å². The summed E-state index contributed by atoms with van der Waals surface area (Å²) in [6, 6.07) is 3.77. The number of hydrogen-bond donors (Lipinski definition) is 1. The maximum atomic E-state index is 11.9. The quantitative estimate of drug-likeness (QED) is 0.838. The largest absolute Gasteiger partial charge is 0.334 e. The third-order valence-corrected chi connectivity index (χ3v) is 3.43. The number of carbonyl (C=O) groups excluding carboxylic acids is 1. The first-order valence-electron chi connectivity index (χ1n) is 4.61. The van der Waals surface area contributed by atoms with Crippen LogP contribution in [0.1, 0.15) is 23.2 Å². The lowest BCUT2D eigenvalue weighted by atomic mass is 10.2. The van der Waals surface area contributed by atoms with Gasteiger partial charge in [0.05, 0.1) is 11.6 Å². The highest BCUT2D eigenvalue weighted by Crippen LogP contribution is 2.35. The van der Waals surface area contributed by atoms with Crippen LogP contribution in [0.2, 0.25) is 0 Å². The summed E-state index contributed by atoms with van der Waals surface area (Å²) in [7, 11) is 0. The summed E-state index contributed by atoms with van der Waals surface area (Å²) in [6.07, 6.45) is 3.03. The van der Waals surface area contributed by atoms with Gasteiger partial charge < -0.3 is 5.32 Å². The standard InChI is InChI=1S/C10H7Br2N3O/c11-6-3-7(8(12)14-4-6)9(16)15-10(5-13)1-2-10/h3-4H,1-2H2,(H,15,16). The van der Waals surface area contributed by atoms with Crippen molar-refractivity contribution in [2.24, 2.45) is 0 Å². The molecule has 0 unspecified atom stereocenters. The molecule has 0 bridgehead atoms. The van der Waals surface area contributed by atoms with Crippen LogP contribution in [0, 0.1) is 11.3 Å². The van der Waals surface area contributed by atoms with E-state index in [1.807, 2.05) is 0 Å². The molecular weight excluding hydrogens is 338 g/mol. The molecule has 0 saturated heterocycles. The third kappa shape index (κ3) is 2.25. The van der Waals surface area contributed by atoms with Crippen LogP contribution in [-0.4, -0.2) is 16.4 Å². The summed E-state index contributed by atoms with van der Waals surface area (Å²) in [5.41, 5.74) is -0.227. The first-order chi connectivity index (χ1) is 7.56.